The molecule has 0 aliphatic heterocycles. The number of carboxylic acids is 1. The van der Waals surface area contributed by atoms with Gasteiger partial charge in [-0.15, -0.1) is 0 Å². The zero-order valence-corrected chi connectivity index (χ0v) is 83.3. The minimum Gasteiger partial charge on any atom is -0.508 e. The van der Waals surface area contributed by atoms with Gasteiger partial charge < -0.3 is 99.8 Å². The number of benzene rings is 7. The molecule has 770 valence electrons. The zero-order chi connectivity index (χ0) is 105. The number of nitro groups is 2. The maximum absolute atomic E-state index is 14.4. The maximum atomic E-state index is 14.4. The number of nitrogens with zero attached hydrogens (tertiary/aromatic N) is 4. The third-order valence-electron chi connectivity index (χ3n) is 22.0. The molecule has 0 unspecified atom stereocenters. The van der Waals surface area contributed by atoms with Gasteiger partial charge in [0.15, 0.2) is 15.8 Å². The lowest BCUT2D eigenvalue weighted by Crippen LogP contribution is -2.49. The van der Waals surface area contributed by atoms with Gasteiger partial charge in [-0.1, -0.05) is 151 Å². The molecular formula is C101H134Cl2N16O23. The van der Waals surface area contributed by atoms with Gasteiger partial charge in [-0.3, -0.25) is 47.9 Å². The van der Waals surface area contributed by atoms with Gasteiger partial charge in [0.25, 0.3) is 11.9 Å². The number of Topliss-reactive ketones (excluding diaryl/α,β-unsaturated/α-hetero) is 2. The Morgan fingerprint density at radius 1 is 0.423 bits per heavy atom. The Morgan fingerprint density at radius 2 is 0.768 bits per heavy atom. The van der Waals surface area contributed by atoms with E-state index >= 15 is 0 Å². The lowest BCUT2D eigenvalue weighted by molar-refractivity contribution is -0.485. The number of primary amides is 2. The lowest BCUT2D eigenvalue weighted by Gasteiger charge is -2.26. The molecule has 142 heavy (non-hydrogen) atoms. The number of carboxylic acid groups (broad SMARTS) is 1. The van der Waals surface area contributed by atoms with E-state index < -0.39 is 147 Å². The van der Waals surface area contributed by atoms with Crippen molar-refractivity contribution < 1.29 is 101 Å². The number of rotatable bonds is 54. The number of carbonyl (C=O) groups is 12. The predicted octanol–water partition coefficient (Wildman–Crippen LogP) is 11.4. The van der Waals surface area contributed by atoms with Gasteiger partial charge in [0, 0.05) is 72.0 Å². The van der Waals surface area contributed by atoms with E-state index in [0.717, 1.165) is 33.6 Å². The van der Waals surface area contributed by atoms with Crippen LogP contribution in [0.1, 0.15) is 193 Å². The highest BCUT2D eigenvalue weighted by Gasteiger charge is 2.36. The number of aryl methyl sites for hydroxylation is 4. The van der Waals surface area contributed by atoms with Crippen molar-refractivity contribution in [3.05, 3.63) is 255 Å². The highest BCUT2D eigenvalue weighted by molar-refractivity contribution is 6.31. The number of halogens is 2. The average Bonchev–Trinajstić information content (AvgIpc) is 0.826. The monoisotopic (exact) mass is 2010 g/mol. The Morgan fingerprint density at radius 3 is 1.16 bits per heavy atom. The summed E-state index contributed by atoms with van der Waals surface area (Å²) in [6.07, 6.45) is 1.06. The van der Waals surface area contributed by atoms with Crippen LogP contribution in [-0.2, 0) is 112 Å². The summed E-state index contributed by atoms with van der Waals surface area (Å²) in [5.74, 6) is -10.2. The number of nitrogens with two attached hydrogens (primary N) is 5. The molecule has 8 atom stereocenters. The predicted molar refractivity (Wildman–Crippen MR) is 535 cm³/mol. The van der Waals surface area contributed by atoms with Crippen LogP contribution in [0.5, 0.6) is 11.5 Å². The van der Waals surface area contributed by atoms with E-state index in [2.05, 4.69) is 47.4 Å². The first kappa shape index (κ1) is 118. The number of phenolic OH excluding ortho intramolecular Hbond substituents is 1. The van der Waals surface area contributed by atoms with E-state index in [-0.39, 0.29) is 134 Å². The number of ketones is 2. The molecule has 19 N–H and O–H groups in total. The smallest absolute Gasteiger partial charge is 0.407 e. The molecule has 0 aliphatic carbocycles. The molecule has 7 rings (SSSR count). The zero-order valence-electron chi connectivity index (χ0n) is 81.8. The minimum atomic E-state index is -1.23. The van der Waals surface area contributed by atoms with Crippen molar-refractivity contribution in [2.24, 2.45) is 62.5 Å². The number of carbonyl (C=O) groups excluding carboxylic acids is 11. The number of alkyl carbamates (subject to hydrolysis) is 2. The number of phenols is 1. The van der Waals surface area contributed by atoms with Gasteiger partial charge in [-0.25, -0.2) is 29.8 Å². The van der Waals surface area contributed by atoms with E-state index in [1.54, 1.807) is 146 Å². The van der Waals surface area contributed by atoms with Gasteiger partial charge in [0.1, 0.15) is 70.6 Å². The van der Waals surface area contributed by atoms with Crippen LogP contribution in [0.25, 0.3) is 0 Å². The third kappa shape index (κ3) is 47.5. The maximum Gasteiger partial charge on any atom is 0.407 e. The van der Waals surface area contributed by atoms with Gasteiger partial charge in [0.05, 0.1) is 36.8 Å². The van der Waals surface area contributed by atoms with Gasteiger partial charge in [-0.05, 0) is 246 Å². The van der Waals surface area contributed by atoms with Crippen LogP contribution in [0.2, 0.25) is 10.0 Å². The first-order chi connectivity index (χ1) is 67.1. The fourth-order valence-corrected chi connectivity index (χ4v) is 15.2. The van der Waals surface area contributed by atoms with Crippen molar-refractivity contribution >= 4 is 106 Å². The molecule has 0 heterocycles. The molecule has 0 aliphatic rings. The number of aromatic hydroxyl groups is 1. The van der Waals surface area contributed by atoms with E-state index in [1.165, 1.54) is 0 Å². The third-order valence-corrected chi connectivity index (χ3v) is 22.7. The molecule has 7 aromatic carbocycles. The Balaban J connectivity index is 0.000000408. The van der Waals surface area contributed by atoms with Crippen molar-refractivity contribution in [1.82, 2.24) is 37.2 Å². The Kier molecular flexibility index (Phi) is 51.0. The average molecular weight is 2010 g/mol. The molecule has 0 saturated heterocycles. The van der Waals surface area contributed by atoms with Crippen LogP contribution in [0.3, 0.4) is 0 Å². The topological polar surface area (TPSA) is 617 Å². The Bertz CT molecular complexity index is 5370. The summed E-state index contributed by atoms with van der Waals surface area (Å²) in [6.45, 7) is 18.9. The standard InChI is InChI=1S/C47H63ClN8O11.C30H41ClN8O7.C24H30O5/c1-29-22-35(57)23-30(2)36(29)25-34(27-41(59)67-47(3,4)5)44(62)53-38(19-13-21-51-45(50)55-56(64)65)40(58)26-33(24-31-14-7-6-8-15-31)43(61)54-39(42(49)60)18-11-12-20-52-46(63)66-28-32-16-9-10-17-37(32)48;31-23-12-5-4-11-21(23)19-46-30(43)36-15-7-6-14-25(27(33)41)37-28(42)22(17-20-9-2-1-3-10-20)18-26(40)24(32)13-8-16-35-29(34)38-39(44)45;1-16-11-20(28-15-18-9-7-6-8-10-18)12-17(2)21(16)13-19(23(26)27)14-22(25)29-24(3,4)5/h6-10,14-17,22-23,33-34,38-39,57H,11-13,18-21,24-28H2,1-5H3,(H2,49,60)(H,52,63)(H,53,62)(H,54,61)(H3,50,51,55);1-5,9-12,22,24-25H,6-8,13-19,32H2,(H2,33,41)(H,36,43)(H,37,42)(H3,34,35,38);6-12,19H,13-15H2,1-5H3,(H,26,27)/t33-,34-,38-,39+;22-,24-,25+;19-/m111/s1. The number of hydrogen-bond donors (Lipinski definition) is 14. The van der Waals surface area contributed by atoms with Crippen LogP contribution in [0, 0.1) is 71.6 Å². The highest BCUT2D eigenvalue weighted by Crippen LogP contribution is 2.31. The van der Waals surface area contributed by atoms with Crippen molar-refractivity contribution in [1.29, 1.82) is 0 Å². The number of unbranched alkanes of at least 4 members (excludes halogenated alkanes) is 2. The molecule has 0 bridgehead atoms. The molecule has 0 fully saturated rings. The van der Waals surface area contributed by atoms with Gasteiger partial charge in [0.2, 0.25) is 29.5 Å². The quantitative estimate of drug-likeness (QED) is 0.00320. The number of amides is 7. The Labute approximate surface area is 836 Å². The summed E-state index contributed by atoms with van der Waals surface area (Å²) in [5.41, 5.74) is 35.7. The van der Waals surface area contributed by atoms with E-state index in [4.69, 9.17) is 75.6 Å². The number of nitrogens with one attached hydrogen (secondary N) is 7. The first-order valence-electron chi connectivity index (χ1n) is 46.5. The van der Waals surface area contributed by atoms with Crippen LogP contribution < -0.4 is 70.6 Å². The van der Waals surface area contributed by atoms with Crippen molar-refractivity contribution in [2.75, 3.05) is 26.2 Å². The van der Waals surface area contributed by atoms with Crippen LogP contribution >= 0.6 is 23.2 Å². The number of esters is 2. The molecule has 0 aromatic heterocycles. The summed E-state index contributed by atoms with van der Waals surface area (Å²) >= 11 is 12.2. The van der Waals surface area contributed by atoms with Gasteiger partial charge in [-0.2, -0.15) is 0 Å². The van der Waals surface area contributed by atoms with Crippen LogP contribution in [0.4, 0.5) is 9.59 Å². The second-order valence-corrected chi connectivity index (χ2v) is 36.9. The molecule has 0 radical (unpaired) electrons. The second kappa shape index (κ2) is 61.3. The molecule has 7 amide bonds. The molecule has 0 spiro atoms. The minimum absolute atomic E-state index is 0.0174. The summed E-state index contributed by atoms with van der Waals surface area (Å²) in [4.78, 5) is 176. The van der Waals surface area contributed by atoms with Crippen molar-refractivity contribution in [3.8, 4) is 11.5 Å². The van der Waals surface area contributed by atoms with Crippen molar-refractivity contribution in [3.63, 3.8) is 0 Å². The van der Waals surface area contributed by atoms with Crippen LogP contribution in [-0.4, -0.2) is 165 Å². The highest BCUT2D eigenvalue weighted by atomic mass is 35.5. The number of ether oxygens (including phenoxy) is 5. The molecule has 41 heteroatoms. The largest absolute Gasteiger partial charge is 0.508 e. The first-order valence-corrected chi connectivity index (χ1v) is 47.2. The molecule has 39 nitrogen and oxygen atoms in total. The molecular weight excluding hydrogens is 1880 g/mol. The normalized spacial score (nSPS) is 13.0. The molecule has 7 aromatic rings. The number of guanidine groups is 2. The summed E-state index contributed by atoms with van der Waals surface area (Å²) < 4.78 is 27.1. The van der Waals surface area contributed by atoms with Crippen LogP contribution in [0.15, 0.2) is 174 Å². The SMILES string of the molecule is Cc1cc(O)cc(C)c1C[C@H](CC(=O)OC(C)(C)C)C(=O)N[C@H](CCCN/C(N)=N\[N+](=O)[O-])C(=O)C[C@@H](Cc1ccccc1)C(=O)N[C@@H](CCCCNC(=O)OCc1ccccc1Cl)C(N)=O.Cc1cc(OCc2ccccc2)cc(C)c1C[C@H](CC(=O)OC(C)(C)C)C(=O)O.NC(=O)[C@H](CCCCNC(=O)OCc1ccccc1Cl)NC(=O)[C@@H](CC(=O)[C@H](N)CCCN/C(N)=N\[N+](=O)[O-])Cc1ccccc1. The van der Waals surface area contributed by atoms with Gasteiger partial charge >= 0.3 is 30.1 Å². The summed E-state index contributed by atoms with van der Waals surface area (Å²) in [6, 6.07) is 44.5. The number of hydrazone groups is 2. The van der Waals surface area contributed by atoms with E-state index in [1.807, 2.05) is 86.6 Å². The fourth-order valence-electron chi connectivity index (χ4n) is 14.8. The summed E-state index contributed by atoms with van der Waals surface area (Å²) in [7, 11) is 0. The van der Waals surface area contributed by atoms with Crippen molar-refractivity contribution in [2.45, 2.75) is 240 Å². The second-order valence-electron chi connectivity index (χ2n) is 36.1. The summed E-state index contributed by atoms with van der Waals surface area (Å²) in [5, 5.41) is 64.5. The number of hydrogen-bond acceptors (Lipinski definition) is 23. The molecule has 0 saturated carbocycles. The number of aliphatic carboxylic acids is 1. The lowest BCUT2D eigenvalue weighted by atomic mass is 9.88. The van der Waals surface area contributed by atoms with E-state index in [0.29, 0.717) is 82.1 Å². The fraction of sp³-hybridized carbons (Fsp3) is 0.446. The Hall–Kier alpha value is -14.3. The van der Waals surface area contributed by atoms with E-state index in [9.17, 15) is 88.0 Å².